The van der Waals surface area contributed by atoms with Crippen molar-refractivity contribution >= 4 is 129 Å². The van der Waals surface area contributed by atoms with Gasteiger partial charge < -0.3 is 61.3 Å². The Kier molecular flexibility index (Phi) is 29.8. The monoisotopic (exact) mass is 1820 g/mol. The number of hydrogen-bond donors (Lipinski definition) is 0. The van der Waals surface area contributed by atoms with Gasteiger partial charge in [0.15, 0.2) is 141 Å². The van der Waals surface area contributed by atoms with Crippen molar-refractivity contribution in [3.63, 3.8) is 0 Å². The second-order valence-electron chi connectivity index (χ2n) is 25.8. The van der Waals surface area contributed by atoms with Crippen molar-refractivity contribution in [2.75, 3.05) is 0 Å². The molecule has 6 aromatic carbocycles. The van der Waals surface area contributed by atoms with Gasteiger partial charge in [0, 0.05) is 41.5 Å². The molecule has 0 unspecified atom stereocenters. The summed E-state index contributed by atoms with van der Waals surface area (Å²) in [7, 11) is 0. The Bertz CT molecular complexity index is 5340. The number of thiazole rings is 6. The van der Waals surface area contributed by atoms with Crippen molar-refractivity contribution < 1.29 is 140 Å². The van der Waals surface area contributed by atoms with Gasteiger partial charge in [0.1, 0.15) is 0 Å². The van der Waals surface area contributed by atoms with Crippen LogP contribution >= 0.6 is 68.0 Å². The maximum atomic E-state index is 11.6. The van der Waals surface area contributed by atoms with Crippen molar-refractivity contribution in [1.29, 1.82) is 0 Å². The van der Waals surface area contributed by atoms with Crippen LogP contribution in [-0.2, 0) is 90.5 Å². The molecular formula is C84H66Cu3N12O12S6. The minimum atomic E-state index is -0.460. The van der Waals surface area contributed by atoms with Crippen molar-refractivity contribution in [3.05, 3.63) is 283 Å². The molecule has 12 aromatic heterocycles. The van der Waals surface area contributed by atoms with E-state index in [-0.39, 0.29) is 51.2 Å². The molecule has 12 heterocycles. The Hall–Kier alpha value is -11.3. The fourth-order valence-electron chi connectivity index (χ4n) is 11.8. The topological polar surface area (TPSA) is 377 Å². The Balaban J connectivity index is 0.000000147. The van der Waals surface area contributed by atoms with E-state index in [4.69, 9.17) is 0 Å². The second-order valence-corrected chi connectivity index (χ2v) is 32.5. The first kappa shape index (κ1) is 88.1. The number of para-hydroxylation sites is 6. The molecule has 18 rings (SSSR count). The molecule has 0 aliphatic carbocycles. The van der Waals surface area contributed by atoms with E-state index >= 15 is 0 Å². The Morgan fingerprint density at radius 1 is 0.205 bits per heavy atom. The molecule has 0 bridgehead atoms. The van der Waals surface area contributed by atoms with Gasteiger partial charge in [0.2, 0.25) is 0 Å². The molecule has 0 N–H and O–H groups in total. The van der Waals surface area contributed by atoms with Crippen LogP contribution in [0.15, 0.2) is 219 Å². The van der Waals surface area contributed by atoms with E-state index in [9.17, 15) is 61.3 Å². The third kappa shape index (κ3) is 21.1. The molecule has 0 aliphatic rings. The van der Waals surface area contributed by atoms with Crippen LogP contribution in [0.1, 0.15) is 64.2 Å². The van der Waals surface area contributed by atoms with E-state index in [0.717, 1.165) is 91.3 Å². The summed E-state index contributed by atoms with van der Waals surface area (Å²) in [6, 6.07) is 55.3. The molecule has 24 nitrogen and oxygen atoms in total. The normalized spacial score (nSPS) is 10.7. The first-order valence-corrected chi connectivity index (χ1v) is 40.1. The summed E-state index contributed by atoms with van der Waals surface area (Å²) in [6.45, 7) is 13.1. The van der Waals surface area contributed by atoms with Crippen LogP contribution < -0.4 is 88.7 Å². The average molecular weight is 1820 g/mol. The van der Waals surface area contributed by atoms with Gasteiger partial charge in [-0.15, -0.1) is 103 Å². The molecule has 33 heteroatoms. The number of pyridine rings is 6. The second kappa shape index (κ2) is 39.6. The van der Waals surface area contributed by atoms with Gasteiger partial charge in [0.05, 0.1) is 61.3 Å². The average Bonchev–Trinajstić information content (AvgIpc) is 1.68. The molecule has 117 heavy (non-hydrogen) atoms. The van der Waals surface area contributed by atoms with Crippen LogP contribution in [0, 0.1) is 41.5 Å². The number of aromatic nitrogens is 12. The molecule has 0 saturated carbocycles. The summed E-state index contributed by atoms with van der Waals surface area (Å²) in [6.07, 6.45) is 9.86. The maximum absolute atomic E-state index is 11.6. The standard InChI is InChI=1S/6C14H12N2O2S.3Cu/c6*1-9-14(18)11(17)6-7-16(9)8-13-15-10-4-2-3-5-12(10)19-13;;;/h6*2-7,18H,8H2,1H3;;;/q;;;;;;3*+2/p-6. The van der Waals surface area contributed by atoms with Crippen molar-refractivity contribution in [3.8, 4) is 69.0 Å². The van der Waals surface area contributed by atoms with Crippen LogP contribution in [0.5, 0.6) is 69.0 Å². The predicted molar refractivity (Wildman–Crippen MR) is 414 cm³/mol. The van der Waals surface area contributed by atoms with Crippen molar-refractivity contribution in [2.24, 2.45) is 0 Å². The fraction of sp³-hybridized carbons (Fsp3) is 0.143. The summed E-state index contributed by atoms with van der Waals surface area (Å²) < 4.78 is 17.3. The molecule has 18 aromatic rings. The predicted octanol–water partition coefficient (Wildman–Crippen LogP) is 6.52. The van der Waals surface area contributed by atoms with Gasteiger partial charge in [-0.25, -0.2) is 29.9 Å². The number of rotatable bonds is 12. The van der Waals surface area contributed by atoms with E-state index in [1.54, 1.807) is 174 Å². The Labute approximate surface area is 726 Å². The quantitative estimate of drug-likeness (QED) is 0.0927. The molecule has 3 radical (unpaired) electrons. The largest absolute Gasteiger partial charge is 2.00 e. The van der Waals surface area contributed by atoms with Crippen molar-refractivity contribution in [1.82, 2.24) is 29.9 Å². The summed E-state index contributed by atoms with van der Waals surface area (Å²) in [5.74, 6) is -5.41. The van der Waals surface area contributed by atoms with Gasteiger partial charge in [-0.05, 0) is 144 Å². The zero-order valence-corrected chi connectivity index (χ0v) is 70.4. The molecule has 0 fully saturated rings. The van der Waals surface area contributed by atoms with Gasteiger partial charge in [0.25, 0.3) is 0 Å². The van der Waals surface area contributed by atoms with Crippen LogP contribution in [0.2, 0.25) is 0 Å². The molecular weight excluding hydrogens is 1750 g/mol. The van der Waals surface area contributed by atoms with Gasteiger partial charge in [-0.3, -0.25) is 0 Å². The van der Waals surface area contributed by atoms with E-state index in [1.807, 2.05) is 146 Å². The van der Waals surface area contributed by atoms with Crippen LogP contribution in [0.4, 0.5) is 0 Å². The number of nitrogens with zero attached hydrogens (tertiary/aromatic N) is 12. The SMILES string of the molecule is Cc1c([O-])c([O-])cc[n+]1Cc1nc2ccccc2s1.Cc1c([O-])c([O-])cc[n+]1Cc1nc2ccccc2s1.Cc1c([O-])c([O-])cc[n+]1Cc1nc2ccccc2s1.Cc1c([O-])c([O-])cc[n+]1Cc1nc2ccccc2s1.Cc1c([O-])c([O-])cc[n+]1Cc1nc2ccccc2s1.Cc1c([O-])c([O-])cc[n+]1Cc1nc2ccccc2s1.[Cu+2].[Cu+2].[Cu+2]. The number of hydrogen-bond acceptors (Lipinski definition) is 24. The van der Waals surface area contributed by atoms with E-state index in [1.165, 1.54) is 36.4 Å². The number of benzene rings is 6. The van der Waals surface area contributed by atoms with Crippen LogP contribution in [0.3, 0.4) is 0 Å². The third-order valence-corrected chi connectivity index (χ3v) is 24.3. The summed E-state index contributed by atoms with van der Waals surface area (Å²) in [5, 5.41) is 143. The molecule has 0 aliphatic heterocycles. The Morgan fingerprint density at radius 3 is 0.462 bits per heavy atom. The van der Waals surface area contributed by atoms with Gasteiger partial charge in [-0.2, -0.15) is 27.4 Å². The van der Waals surface area contributed by atoms with E-state index in [0.29, 0.717) is 73.4 Å². The molecule has 0 amide bonds. The smallest absolute Gasteiger partial charge is 0.873 e. The summed E-state index contributed by atoms with van der Waals surface area (Å²) in [5.41, 5.74) is 8.47. The Morgan fingerprint density at radius 2 is 0.333 bits per heavy atom. The van der Waals surface area contributed by atoms with E-state index < -0.39 is 69.0 Å². The van der Waals surface area contributed by atoms with Gasteiger partial charge >= 0.3 is 51.2 Å². The molecule has 0 spiro atoms. The summed E-state index contributed by atoms with van der Waals surface area (Å²) >= 11 is 9.59. The van der Waals surface area contributed by atoms with Gasteiger partial charge in [-0.1, -0.05) is 72.8 Å². The molecule has 0 saturated heterocycles. The molecule has 0 atom stereocenters. The zero-order valence-electron chi connectivity index (χ0n) is 62.6. The summed E-state index contributed by atoms with van der Waals surface area (Å²) in [4.78, 5) is 27.1. The number of fused-ring (bicyclic) bond motifs is 6. The molecule has 603 valence electrons. The van der Waals surface area contributed by atoms with E-state index in [2.05, 4.69) is 29.9 Å². The van der Waals surface area contributed by atoms with Crippen molar-refractivity contribution in [2.45, 2.75) is 80.8 Å². The third-order valence-electron chi connectivity index (χ3n) is 18.2. The maximum Gasteiger partial charge on any atom is 2.00 e. The first-order valence-electron chi connectivity index (χ1n) is 35.2. The first-order chi connectivity index (χ1) is 54.9. The fourth-order valence-corrected chi connectivity index (χ4v) is 17.5. The minimum Gasteiger partial charge on any atom is -0.873 e. The minimum absolute atomic E-state index is 0. The van der Waals surface area contributed by atoms with Crippen LogP contribution in [-0.4, -0.2) is 29.9 Å². The zero-order chi connectivity index (χ0) is 80.4. The van der Waals surface area contributed by atoms with Crippen LogP contribution in [0.25, 0.3) is 61.3 Å².